The molecule has 7 heteroatoms. The van der Waals surface area contributed by atoms with Crippen LogP contribution in [0.1, 0.15) is 48.0 Å². The number of methoxy groups -OCH3 is 1. The number of nitrogens with zero attached hydrogens (tertiary/aromatic N) is 1. The van der Waals surface area contributed by atoms with Gasteiger partial charge >= 0.3 is 5.97 Å². The minimum atomic E-state index is -1.03. The average molecular weight is 434 g/mol. The van der Waals surface area contributed by atoms with Crippen LogP contribution in [-0.4, -0.2) is 28.7 Å². The number of ether oxygens (including phenoxy) is 1. The van der Waals surface area contributed by atoms with Gasteiger partial charge in [-0.05, 0) is 49.1 Å². The van der Waals surface area contributed by atoms with E-state index in [0.717, 1.165) is 18.4 Å². The van der Waals surface area contributed by atoms with Crippen molar-refractivity contribution in [2.75, 3.05) is 12.4 Å². The summed E-state index contributed by atoms with van der Waals surface area (Å²) in [6.45, 7) is 0.374. The van der Waals surface area contributed by atoms with Crippen LogP contribution in [0.5, 0.6) is 5.75 Å². The van der Waals surface area contributed by atoms with Gasteiger partial charge in [0, 0.05) is 35.3 Å². The molecule has 1 amide bonds. The fourth-order valence-electron chi connectivity index (χ4n) is 4.40. The predicted molar refractivity (Wildman–Crippen MR) is 122 cm³/mol. The molecule has 4 rings (SSSR count). The van der Waals surface area contributed by atoms with Crippen molar-refractivity contribution in [3.8, 4) is 5.75 Å². The maximum absolute atomic E-state index is 12.5. The molecule has 7 nitrogen and oxygen atoms in total. The molecule has 1 saturated carbocycles. The van der Waals surface area contributed by atoms with Gasteiger partial charge in [-0.3, -0.25) is 9.59 Å². The smallest absolute Gasteiger partial charge is 0.335 e. The Kier molecular flexibility index (Phi) is 6.25. The molecule has 2 N–H and O–H groups in total. The lowest BCUT2D eigenvalue weighted by molar-refractivity contribution is -0.117. The molecule has 0 radical (unpaired) electrons. The predicted octanol–water partition coefficient (Wildman–Crippen LogP) is 4.28. The first-order chi connectivity index (χ1) is 15.4. The Bertz CT molecular complexity index is 1220. The number of anilines is 1. The van der Waals surface area contributed by atoms with Crippen molar-refractivity contribution in [3.05, 3.63) is 70.0 Å². The lowest BCUT2D eigenvalue weighted by Gasteiger charge is -2.15. The van der Waals surface area contributed by atoms with Crippen LogP contribution in [-0.2, 0) is 11.3 Å². The van der Waals surface area contributed by atoms with E-state index in [9.17, 15) is 19.5 Å². The zero-order valence-electron chi connectivity index (χ0n) is 18.0. The molecule has 2 aromatic carbocycles. The molecule has 0 saturated heterocycles. The molecule has 0 bridgehead atoms. The summed E-state index contributed by atoms with van der Waals surface area (Å²) < 4.78 is 7.28. The molecule has 1 fully saturated rings. The summed E-state index contributed by atoms with van der Waals surface area (Å²) in [5.74, 6) is -0.124. The second kappa shape index (κ2) is 9.26. The zero-order valence-corrected chi connectivity index (χ0v) is 18.0. The number of rotatable bonds is 7. The Morgan fingerprint density at radius 2 is 1.91 bits per heavy atom. The number of pyridine rings is 1. The van der Waals surface area contributed by atoms with E-state index in [2.05, 4.69) is 5.32 Å². The third-order valence-electron chi connectivity index (χ3n) is 6.09. The fourth-order valence-corrected chi connectivity index (χ4v) is 4.40. The van der Waals surface area contributed by atoms with Gasteiger partial charge in [-0.1, -0.05) is 18.9 Å². The van der Waals surface area contributed by atoms with Crippen molar-refractivity contribution in [2.24, 2.45) is 5.92 Å². The zero-order chi connectivity index (χ0) is 22.7. The number of carboxylic acids is 1. The van der Waals surface area contributed by atoms with Crippen molar-refractivity contribution < 1.29 is 19.4 Å². The van der Waals surface area contributed by atoms with Crippen LogP contribution in [0.4, 0.5) is 5.69 Å². The van der Waals surface area contributed by atoms with E-state index in [4.69, 9.17) is 4.74 Å². The normalized spacial score (nSPS) is 13.9. The summed E-state index contributed by atoms with van der Waals surface area (Å²) in [5, 5.41) is 12.7. The number of fused-ring (bicyclic) bond motifs is 1. The first kappa shape index (κ1) is 21.6. The molecular weight excluding hydrogens is 408 g/mol. The molecule has 32 heavy (non-hydrogen) atoms. The Labute approximate surface area is 185 Å². The molecule has 1 aromatic heterocycles. The van der Waals surface area contributed by atoms with Crippen LogP contribution < -0.4 is 15.5 Å². The molecule has 0 unspecified atom stereocenters. The van der Waals surface area contributed by atoms with E-state index in [1.807, 2.05) is 4.57 Å². The van der Waals surface area contributed by atoms with Crippen molar-refractivity contribution >= 4 is 28.5 Å². The van der Waals surface area contributed by atoms with Crippen LogP contribution in [0.2, 0.25) is 0 Å². The quantitative estimate of drug-likeness (QED) is 0.579. The third-order valence-corrected chi connectivity index (χ3v) is 6.09. The number of hydrogen-bond donors (Lipinski definition) is 2. The van der Waals surface area contributed by atoms with Crippen molar-refractivity contribution in [3.63, 3.8) is 0 Å². The Morgan fingerprint density at radius 3 is 2.62 bits per heavy atom. The molecule has 0 aliphatic heterocycles. The van der Waals surface area contributed by atoms with Gasteiger partial charge in [-0.2, -0.15) is 0 Å². The van der Waals surface area contributed by atoms with E-state index >= 15 is 0 Å². The lowest BCUT2D eigenvalue weighted by Crippen LogP contribution is -2.16. The molecule has 1 heterocycles. The molecule has 0 spiro atoms. The molecular formula is C25H26N2O5. The van der Waals surface area contributed by atoms with Crippen molar-refractivity contribution in [2.45, 2.75) is 38.6 Å². The second-order valence-electron chi connectivity index (χ2n) is 8.27. The maximum Gasteiger partial charge on any atom is 0.335 e. The van der Waals surface area contributed by atoms with E-state index in [1.54, 1.807) is 30.5 Å². The number of benzene rings is 2. The van der Waals surface area contributed by atoms with E-state index < -0.39 is 5.97 Å². The number of carboxylic acid groups (broad SMARTS) is 1. The standard InChI is InChI=1S/C25H26N2O5/c1-32-23-13-17(25(30)31)6-7-18(23)15-27-11-10-22(28)20-9-8-19(14-21(20)27)26-24(29)12-16-4-2-3-5-16/h6-11,13-14,16H,2-5,12,15H2,1H3,(H,26,29)(H,30,31). The third kappa shape index (κ3) is 4.66. The molecule has 1 aliphatic rings. The lowest BCUT2D eigenvalue weighted by atomic mass is 10.0. The molecule has 1 aliphatic carbocycles. The summed E-state index contributed by atoms with van der Waals surface area (Å²) in [4.78, 5) is 36.1. The molecule has 166 valence electrons. The van der Waals surface area contributed by atoms with Crippen molar-refractivity contribution in [1.29, 1.82) is 0 Å². The summed E-state index contributed by atoms with van der Waals surface area (Å²) in [6.07, 6.45) is 6.81. The minimum absolute atomic E-state index is 0.00740. The summed E-state index contributed by atoms with van der Waals surface area (Å²) >= 11 is 0. The Balaban J connectivity index is 1.64. The summed E-state index contributed by atoms with van der Waals surface area (Å²) in [7, 11) is 1.49. The average Bonchev–Trinajstić information content (AvgIpc) is 3.28. The number of carbonyl (C=O) groups excluding carboxylic acids is 1. The number of hydrogen-bond acceptors (Lipinski definition) is 4. The van der Waals surface area contributed by atoms with Crippen LogP contribution in [0, 0.1) is 5.92 Å². The first-order valence-electron chi connectivity index (χ1n) is 10.8. The van der Waals surface area contributed by atoms with E-state index in [1.165, 1.54) is 38.2 Å². The van der Waals surface area contributed by atoms with Crippen LogP contribution in [0.3, 0.4) is 0 Å². The highest BCUT2D eigenvalue weighted by molar-refractivity contribution is 5.93. The van der Waals surface area contributed by atoms with E-state index in [0.29, 0.717) is 41.2 Å². The Hall–Kier alpha value is -3.61. The highest BCUT2D eigenvalue weighted by Crippen LogP contribution is 2.28. The largest absolute Gasteiger partial charge is 0.496 e. The van der Waals surface area contributed by atoms with Gasteiger partial charge in [0.05, 0.1) is 24.7 Å². The number of aromatic carboxylic acids is 1. The number of aromatic nitrogens is 1. The first-order valence-corrected chi connectivity index (χ1v) is 10.8. The highest BCUT2D eigenvalue weighted by atomic mass is 16.5. The van der Waals surface area contributed by atoms with Crippen LogP contribution in [0.25, 0.3) is 10.9 Å². The molecule has 3 aromatic rings. The number of carbonyl (C=O) groups is 2. The number of amides is 1. The fraction of sp³-hybridized carbons (Fsp3) is 0.320. The van der Waals surface area contributed by atoms with Gasteiger partial charge in [0.25, 0.3) is 0 Å². The SMILES string of the molecule is COc1cc(C(=O)O)ccc1Cn1ccc(=O)c2ccc(NC(=O)CC3CCCC3)cc21. The molecule has 0 atom stereocenters. The van der Waals surface area contributed by atoms with Gasteiger partial charge in [0.1, 0.15) is 5.75 Å². The van der Waals surface area contributed by atoms with Crippen molar-refractivity contribution in [1.82, 2.24) is 4.57 Å². The Morgan fingerprint density at radius 1 is 1.12 bits per heavy atom. The topological polar surface area (TPSA) is 97.6 Å². The summed E-state index contributed by atoms with van der Waals surface area (Å²) in [6, 6.07) is 11.5. The maximum atomic E-state index is 12.5. The monoisotopic (exact) mass is 434 g/mol. The van der Waals surface area contributed by atoms with Gasteiger partial charge in [-0.25, -0.2) is 4.79 Å². The van der Waals surface area contributed by atoms with Gasteiger partial charge in [0.15, 0.2) is 5.43 Å². The van der Waals surface area contributed by atoms with Gasteiger partial charge < -0.3 is 19.7 Å². The van der Waals surface area contributed by atoms with Gasteiger partial charge in [-0.15, -0.1) is 0 Å². The van der Waals surface area contributed by atoms with Crippen LogP contribution in [0.15, 0.2) is 53.5 Å². The second-order valence-corrected chi connectivity index (χ2v) is 8.27. The van der Waals surface area contributed by atoms with Crippen LogP contribution >= 0.6 is 0 Å². The number of nitrogens with one attached hydrogen (secondary N) is 1. The van der Waals surface area contributed by atoms with Gasteiger partial charge in [0.2, 0.25) is 5.91 Å². The summed E-state index contributed by atoms with van der Waals surface area (Å²) in [5.41, 5.74) is 2.14. The minimum Gasteiger partial charge on any atom is -0.496 e. The highest BCUT2D eigenvalue weighted by Gasteiger charge is 2.18. The van der Waals surface area contributed by atoms with E-state index in [-0.39, 0.29) is 16.9 Å².